The predicted molar refractivity (Wildman–Crippen MR) is 47.5 cm³/mol. The van der Waals surface area contributed by atoms with Crippen LogP contribution in [0.2, 0.25) is 0 Å². The van der Waals surface area contributed by atoms with E-state index in [2.05, 4.69) is 12.2 Å². The summed E-state index contributed by atoms with van der Waals surface area (Å²) in [7, 11) is 0. The van der Waals surface area contributed by atoms with Gasteiger partial charge in [-0.1, -0.05) is 12.2 Å². The van der Waals surface area contributed by atoms with Crippen LogP contribution in [0.1, 0.15) is 19.3 Å². The van der Waals surface area contributed by atoms with Crippen LogP contribution >= 0.6 is 0 Å². The van der Waals surface area contributed by atoms with E-state index >= 15 is 0 Å². The standard InChI is InChI=1S/C10H15NO/c11-4-3-10(12)9-6-7-1-2-8(9)5-7/h1-2,7-9H,3-6,11H2. The van der Waals surface area contributed by atoms with E-state index in [1.807, 2.05) is 0 Å². The van der Waals surface area contributed by atoms with Crippen molar-refractivity contribution < 1.29 is 4.79 Å². The lowest BCUT2D eigenvalue weighted by atomic mass is 9.88. The highest BCUT2D eigenvalue weighted by Crippen LogP contribution is 2.43. The minimum Gasteiger partial charge on any atom is -0.330 e. The Morgan fingerprint density at radius 3 is 2.75 bits per heavy atom. The Hall–Kier alpha value is -0.630. The first kappa shape index (κ1) is 7.99. The third-order valence-electron chi connectivity index (χ3n) is 3.08. The van der Waals surface area contributed by atoms with Crippen molar-refractivity contribution >= 4 is 5.78 Å². The van der Waals surface area contributed by atoms with Gasteiger partial charge in [-0.15, -0.1) is 0 Å². The number of nitrogens with two attached hydrogens (primary N) is 1. The van der Waals surface area contributed by atoms with Crippen LogP contribution in [0.25, 0.3) is 0 Å². The molecule has 2 aliphatic carbocycles. The maximum atomic E-state index is 11.5. The molecule has 12 heavy (non-hydrogen) atoms. The molecule has 0 saturated heterocycles. The number of allylic oxidation sites excluding steroid dienone is 2. The summed E-state index contributed by atoms with van der Waals surface area (Å²) < 4.78 is 0. The highest BCUT2D eigenvalue weighted by atomic mass is 16.1. The molecule has 0 amide bonds. The van der Waals surface area contributed by atoms with Crippen molar-refractivity contribution in [2.24, 2.45) is 23.5 Å². The normalized spacial score (nSPS) is 37.6. The fourth-order valence-electron chi connectivity index (χ4n) is 2.48. The minimum absolute atomic E-state index is 0.309. The lowest BCUT2D eigenvalue weighted by Gasteiger charge is -2.15. The molecule has 3 atom stereocenters. The van der Waals surface area contributed by atoms with Crippen LogP contribution in [-0.4, -0.2) is 12.3 Å². The van der Waals surface area contributed by atoms with E-state index in [1.54, 1.807) is 0 Å². The first-order chi connectivity index (χ1) is 5.81. The van der Waals surface area contributed by atoms with Gasteiger partial charge in [-0.3, -0.25) is 4.79 Å². The summed E-state index contributed by atoms with van der Waals surface area (Å²) in [6.07, 6.45) is 7.34. The van der Waals surface area contributed by atoms with Crippen molar-refractivity contribution in [1.29, 1.82) is 0 Å². The third-order valence-corrected chi connectivity index (χ3v) is 3.08. The number of carbonyl (C=O) groups is 1. The van der Waals surface area contributed by atoms with E-state index in [4.69, 9.17) is 5.73 Å². The lowest BCUT2D eigenvalue weighted by Crippen LogP contribution is -2.21. The fourth-order valence-corrected chi connectivity index (χ4v) is 2.48. The predicted octanol–water partition coefficient (Wildman–Crippen LogP) is 1.12. The molecule has 3 unspecified atom stereocenters. The molecular weight excluding hydrogens is 150 g/mol. The third kappa shape index (κ3) is 1.20. The van der Waals surface area contributed by atoms with Crippen LogP contribution in [0.5, 0.6) is 0 Å². The molecule has 2 aliphatic rings. The Morgan fingerprint density at radius 2 is 2.25 bits per heavy atom. The van der Waals surface area contributed by atoms with E-state index < -0.39 is 0 Å². The molecule has 0 aromatic carbocycles. The summed E-state index contributed by atoms with van der Waals surface area (Å²) in [5, 5.41) is 0. The van der Waals surface area contributed by atoms with Crippen molar-refractivity contribution in [3.63, 3.8) is 0 Å². The SMILES string of the molecule is NCCC(=O)C1CC2C=CC1C2. The number of ketones is 1. The Bertz CT molecular complexity index is 222. The van der Waals surface area contributed by atoms with Gasteiger partial charge < -0.3 is 5.73 Å². The summed E-state index contributed by atoms with van der Waals surface area (Å²) in [4.78, 5) is 11.5. The number of rotatable bonds is 3. The molecule has 2 bridgehead atoms. The molecule has 2 N–H and O–H groups in total. The summed E-state index contributed by atoms with van der Waals surface area (Å²) in [6.45, 7) is 0.510. The Labute approximate surface area is 72.8 Å². The molecule has 2 rings (SSSR count). The zero-order valence-electron chi connectivity index (χ0n) is 7.20. The molecule has 0 spiro atoms. The van der Waals surface area contributed by atoms with Crippen molar-refractivity contribution in [3.05, 3.63) is 12.2 Å². The smallest absolute Gasteiger partial charge is 0.137 e. The zero-order valence-corrected chi connectivity index (χ0v) is 7.20. The second-order valence-corrected chi connectivity index (χ2v) is 3.89. The molecule has 2 nitrogen and oxygen atoms in total. The lowest BCUT2D eigenvalue weighted by molar-refractivity contribution is -0.123. The van der Waals surface area contributed by atoms with E-state index in [0.717, 1.165) is 6.42 Å². The first-order valence-electron chi connectivity index (χ1n) is 4.72. The van der Waals surface area contributed by atoms with Crippen LogP contribution in [0.15, 0.2) is 12.2 Å². The van der Waals surface area contributed by atoms with Gasteiger partial charge in [0.1, 0.15) is 5.78 Å². The first-order valence-corrected chi connectivity index (χ1v) is 4.72. The van der Waals surface area contributed by atoms with Crippen molar-refractivity contribution in [2.45, 2.75) is 19.3 Å². The minimum atomic E-state index is 0.309. The summed E-state index contributed by atoms with van der Waals surface area (Å²) in [6, 6.07) is 0. The Morgan fingerprint density at radius 1 is 1.42 bits per heavy atom. The number of fused-ring (bicyclic) bond motifs is 2. The quantitative estimate of drug-likeness (QED) is 0.637. The molecule has 66 valence electrons. The van der Waals surface area contributed by atoms with Crippen molar-refractivity contribution in [2.75, 3.05) is 6.54 Å². The van der Waals surface area contributed by atoms with Gasteiger partial charge in [0.2, 0.25) is 0 Å². The Balaban J connectivity index is 1.98. The average molecular weight is 165 g/mol. The van der Waals surface area contributed by atoms with Gasteiger partial charge in [0.05, 0.1) is 0 Å². The molecule has 0 heterocycles. The second kappa shape index (κ2) is 3.02. The Kier molecular flexibility index (Phi) is 2.01. The average Bonchev–Trinajstić information content (AvgIpc) is 2.64. The van der Waals surface area contributed by atoms with E-state index in [1.165, 1.54) is 6.42 Å². The molecule has 1 fully saturated rings. The van der Waals surface area contributed by atoms with Crippen molar-refractivity contribution in [1.82, 2.24) is 0 Å². The highest BCUT2D eigenvalue weighted by Gasteiger charge is 2.38. The van der Waals surface area contributed by atoms with Crippen LogP contribution in [0.3, 0.4) is 0 Å². The summed E-state index contributed by atoms with van der Waals surface area (Å²) in [5.41, 5.74) is 5.36. The fraction of sp³-hybridized carbons (Fsp3) is 0.700. The van der Waals surface area contributed by atoms with Gasteiger partial charge in [0.25, 0.3) is 0 Å². The highest BCUT2D eigenvalue weighted by molar-refractivity contribution is 5.82. The van der Waals surface area contributed by atoms with Crippen LogP contribution in [0.4, 0.5) is 0 Å². The zero-order chi connectivity index (χ0) is 8.55. The largest absolute Gasteiger partial charge is 0.330 e. The number of carbonyl (C=O) groups excluding carboxylic acids is 1. The maximum absolute atomic E-state index is 11.5. The van der Waals surface area contributed by atoms with Gasteiger partial charge in [-0.2, -0.15) is 0 Å². The van der Waals surface area contributed by atoms with Crippen LogP contribution in [0, 0.1) is 17.8 Å². The van der Waals surface area contributed by atoms with Crippen molar-refractivity contribution in [3.8, 4) is 0 Å². The van der Waals surface area contributed by atoms with E-state index in [9.17, 15) is 4.79 Å². The van der Waals surface area contributed by atoms with E-state index in [0.29, 0.717) is 36.5 Å². The monoisotopic (exact) mass is 165 g/mol. The summed E-state index contributed by atoms with van der Waals surface area (Å²) >= 11 is 0. The molecule has 1 saturated carbocycles. The van der Waals surface area contributed by atoms with Gasteiger partial charge in [0.15, 0.2) is 0 Å². The molecule has 0 aromatic rings. The molecule has 0 aromatic heterocycles. The van der Waals surface area contributed by atoms with E-state index in [-0.39, 0.29) is 0 Å². The van der Waals surface area contributed by atoms with Crippen LogP contribution in [-0.2, 0) is 4.79 Å². The molecule has 0 aliphatic heterocycles. The second-order valence-electron chi connectivity index (χ2n) is 3.89. The molecule has 2 heteroatoms. The van der Waals surface area contributed by atoms with Gasteiger partial charge in [-0.05, 0) is 31.2 Å². The number of hydrogen-bond acceptors (Lipinski definition) is 2. The summed E-state index contributed by atoms with van der Waals surface area (Å²) in [5.74, 6) is 1.94. The van der Waals surface area contributed by atoms with Gasteiger partial charge in [-0.25, -0.2) is 0 Å². The maximum Gasteiger partial charge on any atom is 0.137 e. The number of hydrogen-bond donors (Lipinski definition) is 1. The van der Waals surface area contributed by atoms with Gasteiger partial charge >= 0.3 is 0 Å². The van der Waals surface area contributed by atoms with Crippen LogP contribution < -0.4 is 5.73 Å². The van der Waals surface area contributed by atoms with Gasteiger partial charge in [0, 0.05) is 12.3 Å². The molecule has 0 radical (unpaired) electrons. The molecular formula is C10H15NO. The topological polar surface area (TPSA) is 43.1 Å². The number of Topliss-reactive ketones (excluding diaryl/α,β-unsaturated/α-hetero) is 1.